The molecule has 3 aromatic carbocycles. The molecule has 0 aliphatic carbocycles. The fourth-order valence-corrected chi connectivity index (χ4v) is 6.99. The van der Waals surface area contributed by atoms with E-state index in [9.17, 15) is 24.1 Å². The molecule has 220 valence electrons. The van der Waals surface area contributed by atoms with Crippen molar-refractivity contribution in [2.45, 2.75) is 45.3 Å². The van der Waals surface area contributed by atoms with Crippen molar-refractivity contribution >= 4 is 17.3 Å². The van der Waals surface area contributed by atoms with Gasteiger partial charge >= 0.3 is 0 Å². The second-order valence-electron chi connectivity index (χ2n) is 11.9. The summed E-state index contributed by atoms with van der Waals surface area (Å²) in [5.74, 6) is -2.07. The predicted octanol–water partition coefficient (Wildman–Crippen LogP) is 5.14. The Bertz CT molecular complexity index is 1640. The minimum atomic E-state index is -1.04. The number of hydrogen-bond acceptors (Lipinski definition) is 6. The van der Waals surface area contributed by atoms with Crippen LogP contribution >= 0.6 is 0 Å². The van der Waals surface area contributed by atoms with E-state index in [-0.39, 0.29) is 11.5 Å². The third-order valence-corrected chi connectivity index (χ3v) is 9.33. The molecule has 2 bridgehead atoms. The molecule has 0 saturated carbocycles. The lowest BCUT2D eigenvalue weighted by molar-refractivity contribution is 0.0745. The van der Waals surface area contributed by atoms with Crippen LogP contribution in [0.4, 0.5) is 20.2 Å². The van der Waals surface area contributed by atoms with E-state index in [1.54, 1.807) is 4.90 Å². The smallest absolute Gasteiger partial charge is 0.254 e. The topological polar surface area (TPSA) is 77.6 Å². The standard InChI is InChI=1S/C34H34F2N6O/c1-22-13-23(2)29(34(43)40-11-9-39(10-12-40)33-16-31(36)30(35)15-25(33)18-38)14-26(22)19-42-27-7-8-28(42)21-41(20-27)32-6-4-3-5-24(32)17-37/h3-6,13-16,27-28H,7-12,19-21H2,1-2H3. The van der Waals surface area contributed by atoms with Crippen LogP contribution in [0.5, 0.6) is 0 Å². The van der Waals surface area contributed by atoms with Gasteiger partial charge < -0.3 is 14.7 Å². The lowest BCUT2D eigenvalue weighted by atomic mass is 9.97. The van der Waals surface area contributed by atoms with Crippen molar-refractivity contribution in [2.24, 2.45) is 0 Å². The number of para-hydroxylation sites is 1. The fourth-order valence-electron chi connectivity index (χ4n) is 6.99. The number of piperazine rings is 2. The van der Waals surface area contributed by atoms with Gasteiger partial charge in [-0.25, -0.2) is 8.78 Å². The van der Waals surface area contributed by atoms with Gasteiger partial charge in [0.25, 0.3) is 5.91 Å². The largest absolute Gasteiger partial charge is 0.367 e. The number of nitrogens with zero attached hydrogens (tertiary/aromatic N) is 6. The molecule has 3 aromatic rings. The van der Waals surface area contributed by atoms with Gasteiger partial charge in [-0.05, 0) is 67.6 Å². The van der Waals surface area contributed by atoms with Crippen molar-refractivity contribution in [1.82, 2.24) is 9.80 Å². The van der Waals surface area contributed by atoms with E-state index in [2.05, 4.69) is 34.9 Å². The second kappa shape index (κ2) is 11.7. The normalized spacial score (nSPS) is 20.2. The Morgan fingerprint density at radius 1 is 0.814 bits per heavy atom. The van der Waals surface area contributed by atoms with Crippen LogP contribution in [-0.2, 0) is 6.54 Å². The molecule has 6 rings (SSSR count). The highest BCUT2D eigenvalue weighted by atomic mass is 19.2. The lowest BCUT2D eigenvalue weighted by Gasteiger charge is -2.42. The van der Waals surface area contributed by atoms with E-state index in [0.29, 0.717) is 55.1 Å². The summed E-state index contributed by atoms with van der Waals surface area (Å²) in [7, 11) is 0. The first-order chi connectivity index (χ1) is 20.8. The summed E-state index contributed by atoms with van der Waals surface area (Å²) in [4.78, 5) is 22.3. The van der Waals surface area contributed by atoms with Crippen LogP contribution in [0.1, 0.15) is 51.0 Å². The van der Waals surface area contributed by atoms with Crippen LogP contribution in [0, 0.1) is 48.1 Å². The van der Waals surface area contributed by atoms with Crippen LogP contribution in [0.3, 0.4) is 0 Å². The summed E-state index contributed by atoms with van der Waals surface area (Å²) in [6.07, 6.45) is 2.23. The molecule has 3 aliphatic heterocycles. The summed E-state index contributed by atoms with van der Waals surface area (Å²) in [5, 5.41) is 19.0. The van der Waals surface area contributed by atoms with Gasteiger partial charge in [-0.15, -0.1) is 0 Å². The summed E-state index contributed by atoms with van der Waals surface area (Å²) >= 11 is 0. The van der Waals surface area contributed by atoms with Crippen molar-refractivity contribution in [3.8, 4) is 12.1 Å². The van der Waals surface area contributed by atoms with Gasteiger partial charge in [0.05, 0.1) is 22.5 Å². The van der Waals surface area contributed by atoms with Gasteiger partial charge in [0.1, 0.15) is 12.1 Å². The van der Waals surface area contributed by atoms with Gasteiger partial charge in [-0.1, -0.05) is 18.2 Å². The number of halogens is 2. The van der Waals surface area contributed by atoms with Crippen LogP contribution in [0.25, 0.3) is 0 Å². The van der Waals surface area contributed by atoms with Gasteiger partial charge in [-0.3, -0.25) is 9.69 Å². The number of nitriles is 2. The molecule has 2 atom stereocenters. The lowest BCUT2D eigenvalue weighted by Crippen LogP contribution is -2.53. The first kappa shape index (κ1) is 28.6. The van der Waals surface area contributed by atoms with Gasteiger partial charge in [0.15, 0.2) is 11.6 Å². The van der Waals surface area contributed by atoms with Crippen molar-refractivity contribution < 1.29 is 13.6 Å². The molecule has 0 aromatic heterocycles. The van der Waals surface area contributed by atoms with E-state index in [1.165, 1.54) is 0 Å². The minimum absolute atomic E-state index is 0.0369. The van der Waals surface area contributed by atoms with E-state index in [1.807, 2.05) is 42.2 Å². The third-order valence-electron chi connectivity index (χ3n) is 9.33. The molecule has 3 heterocycles. The van der Waals surface area contributed by atoms with Gasteiger partial charge in [0.2, 0.25) is 0 Å². The Hall–Kier alpha value is -4.47. The number of aryl methyl sites for hydroxylation is 2. The zero-order valence-corrected chi connectivity index (χ0v) is 24.5. The van der Waals surface area contributed by atoms with Crippen LogP contribution in [0.15, 0.2) is 48.5 Å². The van der Waals surface area contributed by atoms with E-state index >= 15 is 0 Å². The minimum Gasteiger partial charge on any atom is -0.367 e. The number of hydrogen-bond donors (Lipinski definition) is 0. The molecule has 0 radical (unpaired) electrons. The summed E-state index contributed by atoms with van der Waals surface area (Å²) < 4.78 is 27.6. The second-order valence-corrected chi connectivity index (χ2v) is 11.9. The van der Waals surface area contributed by atoms with Crippen LogP contribution in [0.2, 0.25) is 0 Å². The zero-order valence-electron chi connectivity index (χ0n) is 24.5. The van der Waals surface area contributed by atoms with Crippen molar-refractivity contribution in [3.63, 3.8) is 0 Å². The number of anilines is 2. The molecule has 2 unspecified atom stereocenters. The molecule has 0 N–H and O–H groups in total. The van der Waals surface area contributed by atoms with Crippen molar-refractivity contribution in [2.75, 3.05) is 49.1 Å². The first-order valence-electron chi connectivity index (χ1n) is 14.8. The molecule has 1 amide bonds. The molecule has 0 spiro atoms. The number of benzene rings is 3. The predicted molar refractivity (Wildman–Crippen MR) is 161 cm³/mol. The maximum atomic E-state index is 13.9. The zero-order chi connectivity index (χ0) is 30.2. The van der Waals surface area contributed by atoms with E-state index in [0.717, 1.165) is 67.0 Å². The number of amides is 1. The van der Waals surface area contributed by atoms with Crippen molar-refractivity contribution in [1.29, 1.82) is 10.5 Å². The Morgan fingerprint density at radius 2 is 1.47 bits per heavy atom. The number of fused-ring (bicyclic) bond motifs is 2. The maximum Gasteiger partial charge on any atom is 0.254 e. The molecule has 3 fully saturated rings. The molecule has 3 aliphatic rings. The average Bonchev–Trinajstić information content (AvgIpc) is 3.24. The summed E-state index contributed by atoms with van der Waals surface area (Å²) in [6, 6.07) is 19.0. The Balaban J connectivity index is 1.15. The number of carbonyl (C=O) groups excluding carboxylic acids is 1. The highest BCUT2D eigenvalue weighted by Gasteiger charge is 2.40. The molecule has 7 nitrogen and oxygen atoms in total. The van der Waals surface area contributed by atoms with Gasteiger partial charge in [-0.2, -0.15) is 10.5 Å². The molecular formula is C34H34F2N6O. The van der Waals surface area contributed by atoms with E-state index in [4.69, 9.17) is 0 Å². The SMILES string of the molecule is Cc1cc(C)c(C(=O)N2CCN(c3cc(F)c(F)cc3C#N)CC2)cc1CN1C2CCC1CN(c1ccccc1C#N)C2. The summed E-state index contributed by atoms with van der Waals surface area (Å²) in [5.41, 5.74) is 6.09. The quantitative estimate of drug-likeness (QED) is 0.416. The van der Waals surface area contributed by atoms with Gasteiger partial charge in [0, 0.05) is 69.5 Å². The Labute approximate surface area is 251 Å². The fraction of sp³-hybridized carbons (Fsp3) is 0.382. The van der Waals surface area contributed by atoms with Crippen LogP contribution < -0.4 is 9.80 Å². The first-order valence-corrected chi connectivity index (χ1v) is 14.8. The monoisotopic (exact) mass is 580 g/mol. The Kier molecular flexibility index (Phi) is 7.77. The van der Waals surface area contributed by atoms with Crippen molar-refractivity contribution in [3.05, 3.63) is 93.5 Å². The molecule has 3 saturated heterocycles. The van der Waals surface area contributed by atoms with E-state index < -0.39 is 11.6 Å². The number of carbonyl (C=O) groups is 1. The summed E-state index contributed by atoms with van der Waals surface area (Å²) in [6.45, 7) is 8.28. The number of rotatable bonds is 5. The highest BCUT2D eigenvalue weighted by Crippen LogP contribution is 2.36. The molecule has 9 heteroatoms. The third kappa shape index (κ3) is 5.42. The molecule has 43 heavy (non-hydrogen) atoms. The van der Waals surface area contributed by atoms with Crippen LogP contribution in [-0.4, -0.2) is 67.1 Å². The highest BCUT2D eigenvalue weighted by molar-refractivity contribution is 5.96. The maximum absolute atomic E-state index is 13.9. The average molecular weight is 581 g/mol. The Morgan fingerprint density at radius 3 is 2.14 bits per heavy atom. The molecular weight excluding hydrogens is 546 g/mol.